The van der Waals surface area contributed by atoms with Crippen LogP contribution in [-0.2, 0) is 19.9 Å². The summed E-state index contributed by atoms with van der Waals surface area (Å²) in [5.41, 5.74) is 0. The Bertz CT molecular complexity index is 455. The first kappa shape index (κ1) is 11.3. The van der Waals surface area contributed by atoms with Gasteiger partial charge in [-0.1, -0.05) is 0 Å². The van der Waals surface area contributed by atoms with Crippen molar-refractivity contribution in [1.82, 2.24) is 9.62 Å². The molecular weight excluding hydrogens is 240 g/mol. The van der Waals surface area contributed by atoms with Gasteiger partial charge in [0.25, 0.3) is 0 Å². The van der Waals surface area contributed by atoms with E-state index in [1.165, 1.54) is 4.31 Å². The Balaban J connectivity index is 2.31. The van der Waals surface area contributed by atoms with E-state index in [0.29, 0.717) is 13.1 Å². The normalized spacial score (nSPS) is 36.3. The van der Waals surface area contributed by atoms with Gasteiger partial charge >= 0.3 is 0 Å². The summed E-state index contributed by atoms with van der Waals surface area (Å²) < 4.78 is 47.0. The lowest BCUT2D eigenvalue weighted by Crippen LogP contribution is -2.58. The minimum absolute atomic E-state index is 0.0453. The summed E-state index contributed by atoms with van der Waals surface area (Å²) in [5.74, 6) is -0.0125. The van der Waals surface area contributed by atoms with Crippen molar-refractivity contribution in [3.8, 4) is 0 Å². The highest BCUT2D eigenvalue weighted by Gasteiger charge is 2.45. The molecule has 0 aromatic rings. The van der Waals surface area contributed by atoms with Gasteiger partial charge in [-0.3, -0.25) is 0 Å². The smallest absolute Gasteiger partial charge is 0.211 e. The van der Waals surface area contributed by atoms with Gasteiger partial charge in [-0.25, -0.2) is 16.8 Å². The molecule has 2 unspecified atom stereocenters. The number of rotatable bonds is 1. The number of sulfone groups is 1. The summed E-state index contributed by atoms with van der Waals surface area (Å²) in [4.78, 5) is 0. The summed E-state index contributed by atoms with van der Waals surface area (Å²) in [6, 6.07) is -0.655. The average molecular weight is 254 g/mol. The van der Waals surface area contributed by atoms with Crippen LogP contribution in [0.4, 0.5) is 0 Å². The Morgan fingerprint density at radius 1 is 1.33 bits per heavy atom. The van der Waals surface area contributed by atoms with Crippen LogP contribution in [-0.4, -0.2) is 64.1 Å². The predicted molar refractivity (Wildman–Crippen MR) is 55.8 cm³/mol. The maximum Gasteiger partial charge on any atom is 0.211 e. The fourth-order valence-electron chi connectivity index (χ4n) is 2.25. The monoisotopic (exact) mass is 254 g/mol. The van der Waals surface area contributed by atoms with Crippen LogP contribution in [0.5, 0.6) is 0 Å². The van der Waals surface area contributed by atoms with Crippen LogP contribution in [0, 0.1) is 0 Å². The molecule has 0 amide bonds. The maximum absolute atomic E-state index is 11.4. The topological polar surface area (TPSA) is 83.6 Å². The van der Waals surface area contributed by atoms with Crippen molar-refractivity contribution in [2.24, 2.45) is 0 Å². The van der Waals surface area contributed by atoms with E-state index in [1.807, 2.05) is 0 Å². The third-order valence-corrected chi connectivity index (χ3v) is 5.88. The molecule has 0 radical (unpaired) electrons. The molecule has 0 aromatic heterocycles. The lowest BCUT2D eigenvalue weighted by molar-refractivity contribution is 0.248. The highest BCUT2D eigenvalue weighted by atomic mass is 32.2. The molecule has 2 aliphatic rings. The molecule has 2 heterocycles. The molecule has 1 N–H and O–H groups in total. The van der Waals surface area contributed by atoms with Gasteiger partial charge in [0, 0.05) is 19.1 Å². The zero-order chi connectivity index (χ0) is 11.3. The molecule has 6 nitrogen and oxygen atoms in total. The highest BCUT2D eigenvalue weighted by molar-refractivity contribution is 7.92. The van der Waals surface area contributed by atoms with Crippen molar-refractivity contribution in [1.29, 1.82) is 0 Å². The highest BCUT2D eigenvalue weighted by Crippen LogP contribution is 2.22. The van der Waals surface area contributed by atoms with Crippen LogP contribution in [0.2, 0.25) is 0 Å². The third-order valence-electron chi connectivity index (χ3n) is 2.86. The second-order valence-electron chi connectivity index (χ2n) is 4.08. The van der Waals surface area contributed by atoms with Crippen LogP contribution >= 0.6 is 0 Å². The van der Waals surface area contributed by atoms with Crippen LogP contribution in [0.3, 0.4) is 0 Å². The fourth-order valence-corrected chi connectivity index (χ4v) is 5.43. The van der Waals surface area contributed by atoms with Crippen molar-refractivity contribution in [2.45, 2.75) is 12.1 Å². The second-order valence-corrected chi connectivity index (χ2v) is 8.17. The minimum atomic E-state index is -3.30. The van der Waals surface area contributed by atoms with Crippen LogP contribution in [0.25, 0.3) is 0 Å². The first-order chi connectivity index (χ1) is 6.80. The summed E-state index contributed by atoms with van der Waals surface area (Å²) in [6.07, 6.45) is 1.13. The molecule has 2 rings (SSSR count). The van der Waals surface area contributed by atoms with Gasteiger partial charge in [-0.2, -0.15) is 4.31 Å². The minimum Gasteiger partial charge on any atom is -0.310 e. The van der Waals surface area contributed by atoms with E-state index in [9.17, 15) is 16.8 Å². The third kappa shape index (κ3) is 2.17. The Hall–Kier alpha value is -0.180. The lowest BCUT2D eigenvalue weighted by atomic mass is 10.1. The first-order valence-electron chi connectivity index (χ1n) is 4.70. The van der Waals surface area contributed by atoms with E-state index in [1.54, 1.807) is 0 Å². The summed E-state index contributed by atoms with van der Waals surface area (Å²) >= 11 is 0. The molecule has 2 fully saturated rings. The number of fused-ring (bicyclic) bond motifs is 1. The average Bonchev–Trinajstić information content (AvgIpc) is 2.35. The molecule has 0 spiro atoms. The second kappa shape index (κ2) is 3.41. The van der Waals surface area contributed by atoms with Crippen molar-refractivity contribution < 1.29 is 16.8 Å². The number of sulfonamides is 1. The number of nitrogens with zero attached hydrogens (tertiary/aromatic N) is 1. The Morgan fingerprint density at radius 3 is 2.60 bits per heavy atom. The molecule has 0 aromatic carbocycles. The van der Waals surface area contributed by atoms with Gasteiger partial charge in [0.2, 0.25) is 10.0 Å². The molecule has 88 valence electrons. The summed E-state index contributed by atoms with van der Waals surface area (Å²) in [6.45, 7) is 0.874. The van der Waals surface area contributed by atoms with E-state index in [2.05, 4.69) is 5.32 Å². The van der Waals surface area contributed by atoms with Crippen LogP contribution in [0.1, 0.15) is 0 Å². The van der Waals surface area contributed by atoms with Crippen molar-refractivity contribution in [2.75, 3.05) is 30.9 Å². The van der Waals surface area contributed by atoms with Gasteiger partial charge in [0.1, 0.15) is 0 Å². The predicted octanol–water partition coefficient (Wildman–Crippen LogP) is -1.98. The molecule has 0 bridgehead atoms. The molecule has 8 heteroatoms. The van der Waals surface area contributed by atoms with Gasteiger partial charge in [-0.15, -0.1) is 0 Å². The number of piperazine rings is 1. The van der Waals surface area contributed by atoms with Crippen molar-refractivity contribution in [3.63, 3.8) is 0 Å². The Labute approximate surface area is 89.6 Å². The molecule has 15 heavy (non-hydrogen) atoms. The van der Waals surface area contributed by atoms with Gasteiger partial charge in [0.05, 0.1) is 23.8 Å². The molecule has 0 saturated carbocycles. The quantitative estimate of drug-likeness (QED) is 0.586. The van der Waals surface area contributed by atoms with Gasteiger partial charge in [-0.05, 0) is 0 Å². The van der Waals surface area contributed by atoms with Crippen molar-refractivity contribution in [3.05, 3.63) is 0 Å². The van der Waals surface area contributed by atoms with E-state index < -0.39 is 25.9 Å². The maximum atomic E-state index is 11.4. The summed E-state index contributed by atoms with van der Waals surface area (Å²) in [7, 11) is -6.39. The van der Waals surface area contributed by atoms with Gasteiger partial charge in [0.15, 0.2) is 9.84 Å². The van der Waals surface area contributed by atoms with E-state index in [-0.39, 0.29) is 17.5 Å². The molecule has 2 atom stereocenters. The lowest BCUT2D eigenvalue weighted by Gasteiger charge is -2.35. The van der Waals surface area contributed by atoms with Crippen LogP contribution in [0.15, 0.2) is 0 Å². The van der Waals surface area contributed by atoms with E-state index >= 15 is 0 Å². The molecule has 2 aliphatic heterocycles. The fraction of sp³-hybridized carbons (Fsp3) is 1.00. The standard InChI is InChI=1S/C7H14N2O4S2/c1-14(10,11)9-3-2-8-6-4-15(12,13)5-7(6)9/h6-8H,2-5H2,1H3. The number of hydrogen-bond acceptors (Lipinski definition) is 5. The number of hydrogen-bond donors (Lipinski definition) is 1. The zero-order valence-electron chi connectivity index (χ0n) is 8.38. The number of nitrogens with one attached hydrogen (secondary N) is 1. The zero-order valence-corrected chi connectivity index (χ0v) is 10.0. The Morgan fingerprint density at radius 2 is 2.00 bits per heavy atom. The van der Waals surface area contributed by atoms with Crippen molar-refractivity contribution >= 4 is 19.9 Å². The SMILES string of the molecule is CS(=O)(=O)N1CCNC2CS(=O)(=O)CC21. The molecule has 2 saturated heterocycles. The van der Waals surface area contributed by atoms with E-state index in [0.717, 1.165) is 6.26 Å². The van der Waals surface area contributed by atoms with Crippen LogP contribution < -0.4 is 5.32 Å². The largest absolute Gasteiger partial charge is 0.310 e. The van der Waals surface area contributed by atoms with Gasteiger partial charge < -0.3 is 5.32 Å². The van der Waals surface area contributed by atoms with E-state index in [4.69, 9.17) is 0 Å². The molecular formula is C7H14N2O4S2. The Kier molecular flexibility index (Phi) is 2.57. The summed E-state index contributed by atoms with van der Waals surface area (Å²) in [5, 5.41) is 3.05. The molecule has 0 aliphatic carbocycles. The first-order valence-corrected chi connectivity index (χ1v) is 8.37.